The maximum atomic E-state index is 11.4. The lowest BCUT2D eigenvalue weighted by molar-refractivity contribution is 0.0697. The van der Waals surface area contributed by atoms with Gasteiger partial charge in [0.05, 0.1) is 18.4 Å². The Hall–Kier alpha value is -2.40. The van der Waals surface area contributed by atoms with Crippen LogP contribution in [0.3, 0.4) is 0 Å². The number of carbonyl (C=O) groups is 1. The molecule has 22 heavy (non-hydrogen) atoms. The van der Waals surface area contributed by atoms with Crippen LogP contribution in [0, 0.1) is 6.92 Å². The maximum Gasteiger partial charge on any atom is 0.337 e. The van der Waals surface area contributed by atoms with Gasteiger partial charge in [-0.05, 0) is 37.3 Å². The average molecular weight is 322 g/mol. The fourth-order valence-electron chi connectivity index (χ4n) is 2.38. The van der Waals surface area contributed by atoms with Crippen LogP contribution in [0.5, 0.6) is 11.5 Å². The van der Waals surface area contributed by atoms with Crippen LogP contribution >= 0.6 is 11.6 Å². The highest BCUT2D eigenvalue weighted by Gasteiger charge is 2.19. The molecule has 2 aromatic rings. The number of carboxylic acids is 1. The molecular weight excluding hydrogens is 306 g/mol. The molecule has 0 atom stereocenters. The summed E-state index contributed by atoms with van der Waals surface area (Å²) in [5, 5.41) is 19.6. The number of halogens is 1. The Balaban J connectivity index is 2.60. The lowest BCUT2D eigenvalue weighted by Gasteiger charge is -2.24. The van der Waals surface area contributed by atoms with E-state index >= 15 is 0 Å². The zero-order valence-corrected chi connectivity index (χ0v) is 13.2. The number of aromatic carboxylic acids is 1. The quantitative estimate of drug-likeness (QED) is 0.895. The molecule has 6 heteroatoms. The largest absolute Gasteiger partial charge is 0.504 e. The lowest BCUT2D eigenvalue weighted by Crippen LogP contribution is -2.15. The van der Waals surface area contributed by atoms with Crippen LogP contribution in [-0.4, -0.2) is 30.3 Å². The van der Waals surface area contributed by atoms with Crippen molar-refractivity contribution in [3.05, 3.63) is 46.5 Å². The van der Waals surface area contributed by atoms with Gasteiger partial charge in [-0.1, -0.05) is 11.6 Å². The molecular formula is C16H16ClNO4. The van der Waals surface area contributed by atoms with Gasteiger partial charge in [0.1, 0.15) is 0 Å². The predicted octanol–water partition coefficient (Wildman–Crippen LogP) is 3.83. The van der Waals surface area contributed by atoms with E-state index in [-0.39, 0.29) is 11.3 Å². The van der Waals surface area contributed by atoms with E-state index in [0.717, 1.165) is 0 Å². The number of hydrogen-bond acceptors (Lipinski definition) is 4. The number of phenolic OH excluding ortho intramolecular Hbond substituents is 1. The first-order valence-corrected chi connectivity index (χ1v) is 6.87. The molecule has 2 rings (SSSR count). The molecule has 0 aromatic heterocycles. The number of benzene rings is 2. The second kappa shape index (κ2) is 6.15. The minimum absolute atomic E-state index is 0.0294. The van der Waals surface area contributed by atoms with Crippen molar-refractivity contribution in [2.75, 3.05) is 19.1 Å². The van der Waals surface area contributed by atoms with E-state index in [1.54, 1.807) is 31.0 Å². The SMILES string of the molecule is COc1c(O)ccc(N(C)c2cc(Cl)ccc2C(=O)O)c1C. The van der Waals surface area contributed by atoms with E-state index in [4.69, 9.17) is 16.3 Å². The highest BCUT2D eigenvalue weighted by molar-refractivity contribution is 6.31. The van der Waals surface area contributed by atoms with Gasteiger partial charge in [-0.3, -0.25) is 0 Å². The molecule has 116 valence electrons. The van der Waals surface area contributed by atoms with Gasteiger partial charge in [-0.2, -0.15) is 0 Å². The number of nitrogens with zero attached hydrogens (tertiary/aromatic N) is 1. The fourth-order valence-corrected chi connectivity index (χ4v) is 2.55. The third kappa shape index (κ3) is 2.80. The molecule has 0 bridgehead atoms. The van der Waals surface area contributed by atoms with Crippen LogP contribution in [0.25, 0.3) is 0 Å². The molecule has 0 unspecified atom stereocenters. The van der Waals surface area contributed by atoms with Crippen molar-refractivity contribution in [1.29, 1.82) is 0 Å². The molecule has 0 saturated heterocycles. The number of ether oxygens (including phenoxy) is 1. The summed E-state index contributed by atoms with van der Waals surface area (Å²) in [6.07, 6.45) is 0. The summed E-state index contributed by atoms with van der Waals surface area (Å²) >= 11 is 5.99. The Morgan fingerprint density at radius 1 is 1.23 bits per heavy atom. The number of methoxy groups -OCH3 is 1. The third-order valence-corrected chi connectivity index (χ3v) is 3.71. The van der Waals surface area contributed by atoms with E-state index in [1.807, 2.05) is 0 Å². The summed E-state index contributed by atoms with van der Waals surface area (Å²) < 4.78 is 5.18. The van der Waals surface area contributed by atoms with Gasteiger partial charge in [0.25, 0.3) is 0 Å². The van der Waals surface area contributed by atoms with Gasteiger partial charge in [0, 0.05) is 23.3 Å². The van der Waals surface area contributed by atoms with Crippen LogP contribution in [-0.2, 0) is 0 Å². The third-order valence-electron chi connectivity index (χ3n) is 3.47. The molecule has 2 N–H and O–H groups in total. The molecule has 0 aliphatic heterocycles. The highest BCUT2D eigenvalue weighted by Crippen LogP contribution is 2.39. The zero-order valence-electron chi connectivity index (χ0n) is 12.4. The second-order valence-electron chi connectivity index (χ2n) is 4.79. The summed E-state index contributed by atoms with van der Waals surface area (Å²) in [6.45, 7) is 1.79. The van der Waals surface area contributed by atoms with Gasteiger partial charge in [0.2, 0.25) is 0 Å². The van der Waals surface area contributed by atoms with Crippen LogP contribution in [0.4, 0.5) is 11.4 Å². The molecule has 0 spiro atoms. The molecule has 0 aliphatic carbocycles. The number of aromatic hydroxyl groups is 1. The number of anilines is 2. The smallest absolute Gasteiger partial charge is 0.337 e. The molecule has 0 aliphatic rings. The molecule has 0 amide bonds. The van der Waals surface area contributed by atoms with E-state index in [1.165, 1.54) is 25.3 Å². The standard InChI is InChI=1S/C16H16ClNO4/c1-9-12(6-7-14(19)15(9)22-3)18(2)13-8-10(17)4-5-11(13)16(20)21/h4-8,19H,1-3H3,(H,20,21). The Morgan fingerprint density at radius 3 is 2.50 bits per heavy atom. The number of hydrogen-bond donors (Lipinski definition) is 2. The summed E-state index contributed by atoms with van der Waals surface area (Å²) in [5.41, 5.74) is 2.00. The fraction of sp³-hybridized carbons (Fsp3) is 0.188. The van der Waals surface area contributed by atoms with E-state index in [9.17, 15) is 15.0 Å². The van der Waals surface area contributed by atoms with E-state index in [0.29, 0.717) is 27.7 Å². The van der Waals surface area contributed by atoms with Gasteiger partial charge >= 0.3 is 5.97 Å². The predicted molar refractivity (Wildman–Crippen MR) is 85.9 cm³/mol. The van der Waals surface area contributed by atoms with Crippen molar-refractivity contribution < 1.29 is 19.7 Å². The topological polar surface area (TPSA) is 70.0 Å². The summed E-state index contributed by atoms with van der Waals surface area (Å²) in [6, 6.07) is 7.78. The number of carboxylic acid groups (broad SMARTS) is 1. The van der Waals surface area contributed by atoms with Crippen molar-refractivity contribution in [2.24, 2.45) is 0 Å². The Kier molecular flexibility index (Phi) is 4.47. The van der Waals surface area contributed by atoms with Crippen molar-refractivity contribution in [2.45, 2.75) is 6.92 Å². The summed E-state index contributed by atoms with van der Waals surface area (Å²) in [4.78, 5) is 13.1. The zero-order chi connectivity index (χ0) is 16.4. The number of phenols is 1. The second-order valence-corrected chi connectivity index (χ2v) is 5.22. The van der Waals surface area contributed by atoms with Crippen LogP contribution in [0.15, 0.2) is 30.3 Å². The molecule has 5 nitrogen and oxygen atoms in total. The summed E-state index contributed by atoms with van der Waals surface area (Å²) in [5.74, 6) is -0.660. The normalized spacial score (nSPS) is 10.4. The first-order chi connectivity index (χ1) is 10.4. The van der Waals surface area contributed by atoms with Gasteiger partial charge in [-0.15, -0.1) is 0 Å². The minimum Gasteiger partial charge on any atom is -0.504 e. The first kappa shape index (κ1) is 16.0. The molecule has 0 heterocycles. The van der Waals surface area contributed by atoms with E-state index < -0.39 is 5.97 Å². The van der Waals surface area contributed by atoms with Crippen molar-refractivity contribution in [3.8, 4) is 11.5 Å². The van der Waals surface area contributed by atoms with Gasteiger partial charge in [-0.25, -0.2) is 4.79 Å². The molecule has 0 saturated carbocycles. The number of rotatable bonds is 4. The first-order valence-electron chi connectivity index (χ1n) is 6.50. The molecule has 2 aromatic carbocycles. The van der Waals surface area contributed by atoms with Crippen LogP contribution in [0.2, 0.25) is 5.02 Å². The van der Waals surface area contributed by atoms with Crippen molar-refractivity contribution in [3.63, 3.8) is 0 Å². The van der Waals surface area contributed by atoms with Gasteiger partial charge in [0.15, 0.2) is 11.5 Å². The Labute approximate surface area is 133 Å². The average Bonchev–Trinajstić information content (AvgIpc) is 2.46. The lowest BCUT2D eigenvalue weighted by atomic mass is 10.1. The van der Waals surface area contributed by atoms with Crippen molar-refractivity contribution in [1.82, 2.24) is 0 Å². The summed E-state index contributed by atoms with van der Waals surface area (Å²) in [7, 11) is 3.20. The van der Waals surface area contributed by atoms with E-state index in [2.05, 4.69) is 0 Å². The Bertz CT molecular complexity index is 730. The van der Waals surface area contributed by atoms with Gasteiger partial charge < -0.3 is 19.8 Å². The van der Waals surface area contributed by atoms with Crippen LogP contribution in [0.1, 0.15) is 15.9 Å². The minimum atomic E-state index is -1.04. The monoisotopic (exact) mass is 321 g/mol. The molecule has 0 fully saturated rings. The highest BCUT2D eigenvalue weighted by atomic mass is 35.5. The Morgan fingerprint density at radius 2 is 1.91 bits per heavy atom. The van der Waals surface area contributed by atoms with Crippen molar-refractivity contribution >= 4 is 28.9 Å². The van der Waals surface area contributed by atoms with Crippen LogP contribution < -0.4 is 9.64 Å². The molecule has 0 radical (unpaired) electrons. The maximum absolute atomic E-state index is 11.4.